The standard InChI is InChI=1S/C18H21NO5/c1-13-15(19-18(24-13)14-8-4-2-5-9-14)10-6-3-7-11-23-17(22)12-16(20)21/h2,4-5,8-9H,3,6-7,10-12H2,1H3,(H,20,21). The van der Waals surface area contributed by atoms with Gasteiger partial charge in [-0.25, -0.2) is 4.98 Å². The zero-order valence-corrected chi connectivity index (χ0v) is 13.7. The number of oxazole rings is 1. The van der Waals surface area contributed by atoms with E-state index in [9.17, 15) is 9.59 Å². The van der Waals surface area contributed by atoms with Gasteiger partial charge in [0.25, 0.3) is 0 Å². The van der Waals surface area contributed by atoms with Crippen molar-refractivity contribution in [1.82, 2.24) is 4.98 Å². The minimum Gasteiger partial charge on any atom is -0.481 e. The van der Waals surface area contributed by atoms with Crippen molar-refractivity contribution >= 4 is 11.9 Å². The molecule has 0 radical (unpaired) electrons. The largest absolute Gasteiger partial charge is 0.481 e. The van der Waals surface area contributed by atoms with Crippen molar-refractivity contribution in [3.8, 4) is 11.5 Å². The molecule has 0 aliphatic carbocycles. The topological polar surface area (TPSA) is 89.6 Å². The molecule has 1 N–H and O–H groups in total. The summed E-state index contributed by atoms with van der Waals surface area (Å²) in [6.45, 7) is 2.15. The third-order valence-electron chi connectivity index (χ3n) is 3.53. The normalized spacial score (nSPS) is 10.5. The van der Waals surface area contributed by atoms with Gasteiger partial charge in [-0.15, -0.1) is 0 Å². The van der Waals surface area contributed by atoms with Crippen LogP contribution in [-0.4, -0.2) is 28.6 Å². The number of aromatic nitrogens is 1. The highest BCUT2D eigenvalue weighted by molar-refractivity contribution is 5.90. The van der Waals surface area contributed by atoms with Crippen LogP contribution in [-0.2, 0) is 20.7 Å². The maximum absolute atomic E-state index is 11.1. The Bertz CT molecular complexity index is 678. The van der Waals surface area contributed by atoms with Gasteiger partial charge in [0.2, 0.25) is 5.89 Å². The molecule has 2 aromatic rings. The van der Waals surface area contributed by atoms with Gasteiger partial charge in [-0.2, -0.15) is 0 Å². The predicted octanol–water partition coefficient (Wildman–Crippen LogP) is 3.38. The molecule has 1 heterocycles. The fourth-order valence-electron chi connectivity index (χ4n) is 2.30. The Morgan fingerprint density at radius 1 is 1.17 bits per heavy atom. The summed E-state index contributed by atoms with van der Waals surface area (Å²) < 4.78 is 10.5. The van der Waals surface area contributed by atoms with E-state index in [0.717, 1.165) is 36.3 Å². The lowest BCUT2D eigenvalue weighted by molar-refractivity contribution is -0.151. The first-order valence-corrected chi connectivity index (χ1v) is 7.95. The maximum Gasteiger partial charge on any atom is 0.317 e. The monoisotopic (exact) mass is 331 g/mol. The van der Waals surface area contributed by atoms with Gasteiger partial charge >= 0.3 is 11.9 Å². The number of hydrogen-bond acceptors (Lipinski definition) is 5. The van der Waals surface area contributed by atoms with Crippen molar-refractivity contribution in [3.63, 3.8) is 0 Å². The molecule has 0 aliphatic heterocycles. The highest BCUT2D eigenvalue weighted by Gasteiger charge is 2.11. The number of unbranched alkanes of at least 4 members (excludes halogenated alkanes) is 2. The van der Waals surface area contributed by atoms with Crippen LogP contribution in [0.2, 0.25) is 0 Å². The number of carboxylic acids is 1. The van der Waals surface area contributed by atoms with Crippen LogP contribution in [0, 0.1) is 6.92 Å². The summed E-state index contributed by atoms with van der Waals surface area (Å²) in [6.07, 6.45) is 2.69. The second-order valence-electron chi connectivity index (χ2n) is 5.49. The summed E-state index contributed by atoms with van der Waals surface area (Å²) in [4.78, 5) is 25.9. The van der Waals surface area contributed by atoms with Gasteiger partial charge in [-0.05, 0) is 44.7 Å². The van der Waals surface area contributed by atoms with E-state index in [1.165, 1.54) is 0 Å². The number of hydrogen-bond donors (Lipinski definition) is 1. The summed E-state index contributed by atoms with van der Waals surface area (Å²) in [5, 5.41) is 8.44. The number of carbonyl (C=O) groups is 2. The molecule has 0 saturated heterocycles. The van der Waals surface area contributed by atoms with Gasteiger partial charge in [-0.1, -0.05) is 18.2 Å². The quantitative estimate of drug-likeness (QED) is 0.430. The lowest BCUT2D eigenvalue weighted by Gasteiger charge is -2.02. The van der Waals surface area contributed by atoms with Crippen molar-refractivity contribution in [3.05, 3.63) is 41.8 Å². The average Bonchev–Trinajstić information content (AvgIpc) is 2.92. The number of carboxylic acid groups (broad SMARTS) is 1. The summed E-state index contributed by atoms with van der Waals surface area (Å²) in [5.41, 5.74) is 1.90. The summed E-state index contributed by atoms with van der Waals surface area (Å²) in [6, 6.07) is 9.75. The van der Waals surface area contributed by atoms with E-state index in [2.05, 4.69) is 4.98 Å². The number of ether oxygens (including phenoxy) is 1. The highest BCUT2D eigenvalue weighted by atomic mass is 16.5. The summed E-state index contributed by atoms with van der Waals surface area (Å²) >= 11 is 0. The zero-order chi connectivity index (χ0) is 17.4. The molecular weight excluding hydrogens is 310 g/mol. The van der Waals surface area contributed by atoms with Gasteiger partial charge in [0.1, 0.15) is 12.2 Å². The molecule has 24 heavy (non-hydrogen) atoms. The van der Waals surface area contributed by atoms with E-state index in [-0.39, 0.29) is 6.61 Å². The van der Waals surface area contributed by atoms with Crippen LogP contribution < -0.4 is 0 Å². The third-order valence-corrected chi connectivity index (χ3v) is 3.53. The minimum absolute atomic E-state index is 0.249. The second kappa shape index (κ2) is 8.86. The highest BCUT2D eigenvalue weighted by Crippen LogP contribution is 2.22. The predicted molar refractivity (Wildman–Crippen MR) is 87.4 cm³/mol. The molecule has 6 heteroatoms. The van der Waals surface area contributed by atoms with Gasteiger partial charge in [0, 0.05) is 5.56 Å². The Kier molecular flexibility index (Phi) is 6.54. The fourth-order valence-corrected chi connectivity index (χ4v) is 2.30. The van der Waals surface area contributed by atoms with E-state index >= 15 is 0 Å². The van der Waals surface area contributed by atoms with Crippen LogP contribution in [0.25, 0.3) is 11.5 Å². The van der Waals surface area contributed by atoms with Gasteiger partial charge in [-0.3, -0.25) is 9.59 Å². The van der Waals surface area contributed by atoms with E-state index in [0.29, 0.717) is 12.3 Å². The summed E-state index contributed by atoms with van der Waals surface area (Å²) in [7, 11) is 0. The van der Waals surface area contributed by atoms with Crippen molar-refractivity contribution < 1.29 is 23.8 Å². The average molecular weight is 331 g/mol. The molecule has 0 bridgehead atoms. The smallest absolute Gasteiger partial charge is 0.317 e. The minimum atomic E-state index is -1.17. The lowest BCUT2D eigenvalue weighted by Crippen LogP contribution is -2.11. The van der Waals surface area contributed by atoms with Crippen LogP contribution in [0.4, 0.5) is 0 Å². The van der Waals surface area contributed by atoms with Crippen LogP contribution in [0.5, 0.6) is 0 Å². The van der Waals surface area contributed by atoms with E-state index < -0.39 is 18.4 Å². The zero-order valence-electron chi connectivity index (χ0n) is 13.7. The molecule has 1 aromatic heterocycles. The maximum atomic E-state index is 11.1. The number of esters is 1. The van der Waals surface area contributed by atoms with Crippen molar-refractivity contribution in [2.45, 2.75) is 39.0 Å². The number of rotatable bonds is 9. The van der Waals surface area contributed by atoms with E-state index in [1.807, 2.05) is 37.3 Å². The third kappa shape index (κ3) is 5.53. The molecule has 0 unspecified atom stereocenters. The number of nitrogens with zero attached hydrogens (tertiary/aromatic N) is 1. The molecule has 2 rings (SSSR count). The molecule has 0 atom stereocenters. The number of aryl methyl sites for hydroxylation is 2. The molecule has 0 aliphatic rings. The van der Waals surface area contributed by atoms with Crippen molar-refractivity contribution in [1.29, 1.82) is 0 Å². The van der Waals surface area contributed by atoms with Crippen LogP contribution in [0.3, 0.4) is 0 Å². The second-order valence-corrected chi connectivity index (χ2v) is 5.49. The lowest BCUT2D eigenvalue weighted by atomic mass is 10.1. The summed E-state index contributed by atoms with van der Waals surface area (Å²) in [5.74, 6) is -0.412. The first kappa shape index (κ1) is 17.7. The van der Waals surface area contributed by atoms with Crippen molar-refractivity contribution in [2.75, 3.05) is 6.61 Å². The molecular formula is C18H21NO5. The number of aliphatic carboxylic acids is 1. The van der Waals surface area contributed by atoms with Gasteiger partial charge < -0.3 is 14.3 Å². The van der Waals surface area contributed by atoms with E-state index in [4.69, 9.17) is 14.3 Å². The van der Waals surface area contributed by atoms with E-state index in [1.54, 1.807) is 0 Å². The number of carbonyl (C=O) groups excluding carboxylic acids is 1. The molecule has 0 amide bonds. The Hall–Kier alpha value is -2.63. The van der Waals surface area contributed by atoms with Gasteiger partial charge in [0.05, 0.1) is 12.3 Å². The first-order valence-electron chi connectivity index (χ1n) is 7.95. The Morgan fingerprint density at radius 2 is 1.92 bits per heavy atom. The van der Waals surface area contributed by atoms with Crippen LogP contribution in [0.1, 0.15) is 37.1 Å². The molecule has 128 valence electrons. The SMILES string of the molecule is Cc1oc(-c2ccccc2)nc1CCCCCOC(=O)CC(=O)O. The van der Waals surface area contributed by atoms with Crippen LogP contribution in [0.15, 0.2) is 34.7 Å². The molecule has 0 saturated carbocycles. The van der Waals surface area contributed by atoms with Crippen LogP contribution >= 0.6 is 0 Å². The molecule has 0 fully saturated rings. The first-order chi connectivity index (χ1) is 11.6. The van der Waals surface area contributed by atoms with Gasteiger partial charge in [0.15, 0.2) is 0 Å². The molecule has 0 spiro atoms. The number of benzene rings is 1. The Morgan fingerprint density at radius 3 is 2.62 bits per heavy atom. The molecule has 6 nitrogen and oxygen atoms in total. The fraction of sp³-hybridized carbons (Fsp3) is 0.389. The Labute approximate surface area is 140 Å². The Balaban J connectivity index is 1.71. The van der Waals surface area contributed by atoms with Crippen molar-refractivity contribution in [2.24, 2.45) is 0 Å². The molecule has 1 aromatic carbocycles.